The predicted molar refractivity (Wildman–Crippen MR) is 56.0 cm³/mol. The summed E-state index contributed by atoms with van der Waals surface area (Å²) in [6, 6.07) is 0.289. The Morgan fingerprint density at radius 2 is 1.83 bits per heavy atom. The zero-order chi connectivity index (χ0) is 9.72. The van der Waals surface area contributed by atoms with Crippen LogP contribution in [-0.4, -0.2) is 6.04 Å². The van der Waals surface area contributed by atoms with Gasteiger partial charge in [0.05, 0.1) is 0 Å². The van der Waals surface area contributed by atoms with Crippen LogP contribution in [0.1, 0.15) is 40.5 Å². The van der Waals surface area contributed by atoms with Crippen LogP contribution in [0.2, 0.25) is 0 Å². The molecule has 0 aliphatic carbocycles. The van der Waals surface area contributed by atoms with E-state index in [2.05, 4.69) is 34.3 Å². The fourth-order valence-corrected chi connectivity index (χ4v) is 1.16. The molecular formula is C11H23N. The molecule has 0 spiro atoms. The molecule has 0 aliphatic rings. The second kappa shape index (κ2) is 5.36. The standard InChI is InChI=1S/C11H23N/c1-6-9(4)7-11(12)10(5)8(2)3/h8,10-11H,4,6-7,12H2,1-3,5H3. The summed E-state index contributed by atoms with van der Waals surface area (Å²) < 4.78 is 0. The van der Waals surface area contributed by atoms with Gasteiger partial charge in [0.25, 0.3) is 0 Å². The molecule has 0 rings (SSSR count). The molecule has 0 aliphatic heterocycles. The summed E-state index contributed by atoms with van der Waals surface area (Å²) in [7, 11) is 0. The van der Waals surface area contributed by atoms with Crippen LogP contribution in [0.4, 0.5) is 0 Å². The van der Waals surface area contributed by atoms with Crippen LogP contribution in [0.15, 0.2) is 12.2 Å². The number of rotatable bonds is 5. The van der Waals surface area contributed by atoms with E-state index in [1.165, 1.54) is 5.57 Å². The van der Waals surface area contributed by atoms with Crippen LogP contribution in [0.25, 0.3) is 0 Å². The van der Waals surface area contributed by atoms with Gasteiger partial charge < -0.3 is 5.73 Å². The molecule has 0 amide bonds. The van der Waals surface area contributed by atoms with Crippen molar-refractivity contribution in [2.24, 2.45) is 17.6 Å². The van der Waals surface area contributed by atoms with Gasteiger partial charge >= 0.3 is 0 Å². The van der Waals surface area contributed by atoms with E-state index in [4.69, 9.17) is 5.73 Å². The Morgan fingerprint density at radius 1 is 1.33 bits per heavy atom. The zero-order valence-corrected chi connectivity index (χ0v) is 8.93. The van der Waals surface area contributed by atoms with Crippen LogP contribution in [0.5, 0.6) is 0 Å². The molecular weight excluding hydrogens is 146 g/mol. The third-order valence-corrected chi connectivity index (χ3v) is 2.75. The Labute approximate surface area is 77.0 Å². The van der Waals surface area contributed by atoms with Gasteiger partial charge in [-0.1, -0.05) is 39.8 Å². The van der Waals surface area contributed by atoms with Gasteiger partial charge in [-0.2, -0.15) is 0 Å². The lowest BCUT2D eigenvalue weighted by molar-refractivity contribution is 0.343. The highest BCUT2D eigenvalue weighted by Gasteiger charge is 2.16. The van der Waals surface area contributed by atoms with E-state index in [1.807, 2.05) is 0 Å². The van der Waals surface area contributed by atoms with Crippen LogP contribution in [-0.2, 0) is 0 Å². The molecule has 72 valence electrons. The first kappa shape index (κ1) is 11.7. The van der Waals surface area contributed by atoms with E-state index in [-0.39, 0.29) is 6.04 Å². The predicted octanol–water partition coefficient (Wildman–Crippen LogP) is 2.96. The first-order chi connectivity index (χ1) is 5.49. The maximum Gasteiger partial charge on any atom is 0.0104 e. The van der Waals surface area contributed by atoms with Gasteiger partial charge in [0.2, 0.25) is 0 Å². The van der Waals surface area contributed by atoms with Crippen LogP contribution in [0.3, 0.4) is 0 Å². The van der Waals surface area contributed by atoms with Crippen molar-refractivity contribution in [3.63, 3.8) is 0 Å². The SMILES string of the molecule is C=C(CC)CC(N)C(C)C(C)C. The molecule has 0 aromatic carbocycles. The van der Waals surface area contributed by atoms with E-state index in [0.29, 0.717) is 11.8 Å². The summed E-state index contributed by atoms with van der Waals surface area (Å²) in [5.74, 6) is 1.26. The highest BCUT2D eigenvalue weighted by Crippen LogP contribution is 2.18. The molecule has 0 saturated heterocycles. The first-order valence-corrected chi connectivity index (χ1v) is 4.91. The number of hydrogen-bond acceptors (Lipinski definition) is 1. The van der Waals surface area contributed by atoms with Crippen molar-refractivity contribution in [2.45, 2.75) is 46.6 Å². The van der Waals surface area contributed by atoms with E-state index in [0.717, 1.165) is 12.8 Å². The quantitative estimate of drug-likeness (QED) is 0.629. The van der Waals surface area contributed by atoms with Crippen molar-refractivity contribution >= 4 is 0 Å². The van der Waals surface area contributed by atoms with Crippen LogP contribution < -0.4 is 5.73 Å². The fraction of sp³-hybridized carbons (Fsp3) is 0.818. The fourth-order valence-electron chi connectivity index (χ4n) is 1.16. The molecule has 1 nitrogen and oxygen atoms in total. The molecule has 2 atom stereocenters. The average molecular weight is 169 g/mol. The largest absolute Gasteiger partial charge is 0.327 e. The second-order valence-electron chi connectivity index (χ2n) is 4.07. The summed E-state index contributed by atoms with van der Waals surface area (Å²) in [6.45, 7) is 12.8. The molecule has 0 radical (unpaired) electrons. The topological polar surface area (TPSA) is 26.0 Å². The molecule has 2 unspecified atom stereocenters. The number of nitrogens with two attached hydrogens (primary N) is 1. The average Bonchev–Trinajstić information content (AvgIpc) is 2.02. The maximum absolute atomic E-state index is 6.03. The maximum atomic E-state index is 6.03. The highest BCUT2D eigenvalue weighted by molar-refractivity contribution is 4.96. The first-order valence-electron chi connectivity index (χ1n) is 4.91. The minimum atomic E-state index is 0.289. The van der Waals surface area contributed by atoms with E-state index in [1.54, 1.807) is 0 Å². The number of hydrogen-bond donors (Lipinski definition) is 1. The van der Waals surface area contributed by atoms with Gasteiger partial charge in [0.15, 0.2) is 0 Å². The Balaban J connectivity index is 3.86. The van der Waals surface area contributed by atoms with Crippen molar-refractivity contribution in [3.8, 4) is 0 Å². The lowest BCUT2D eigenvalue weighted by Gasteiger charge is -2.23. The Kier molecular flexibility index (Phi) is 5.23. The molecule has 0 saturated carbocycles. The van der Waals surface area contributed by atoms with Gasteiger partial charge in [0.1, 0.15) is 0 Å². The van der Waals surface area contributed by atoms with Gasteiger partial charge in [-0.05, 0) is 24.7 Å². The van der Waals surface area contributed by atoms with Gasteiger partial charge in [-0.15, -0.1) is 0 Å². The summed E-state index contributed by atoms with van der Waals surface area (Å²) in [5.41, 5.74) is 7.31. The molecule has 1 heteroatoms. The second-order valence-corrected chi connectivity index (χ2v) is 4.07. The molecule has 0 aromatic heterocycles. The highest BCUT2D eigenvalue weighted by atomic mass is 14.6. The van der Waals surface area contributed by atoms with Crippen molar-refractivity contribution < 1.29 is 0 Å². The van der Waals surface area contributed by atoms with Crippen molar-refractivity contribution in [2.75, 3.05) is 0 Å². The molecule has 12 heavy (non-hydrogen) atoms. The summed E-state index contributed by atoms with van der Waals surface area (Å²) in [6.07, 6.45) is 2.04. The summed E-state index contributed by atoms with van der Waals surface area (Å²) in [4.78, 5) is 0. The van der Waals surface area contributed by atoms with Crippen LogP contribution in [0, 0.1) is 11.8 Å². The lowest BCUT2D eigenvalue weighted by Crippen LogP contribution is -2.31. The van der Waals surface area contributed by atoms with Crippen molar-refractivity contribution in [3.05, 3.63) is 12.2 Å². The Morgan fingerprint density at radius 3 is 2.17 bits per heavy atom. The zero-order valence-electron chi connectivity index (χ0n) is 8.93. The minimum Gasteiger partial charge on any atom is -0.327 e. The summed E-state index contributed by atoms with van der Waals surface area (Å²) in [5, 5.41) is 0. The Bertz CT molecular complexity index is 138. The Hall–Kier alpha value is -0.300. The molecule has 0 fully saturated rings. The van der Waals surface area contributed by atoms with Gasteiger partial charge in [0, 0.05) is 6.04 Å². The van der Waals surface area contributed by atoms with Crippen molar-refractivity contribution in [1.82, 2.24) is 0 Å². The molecule has 0 heterocycles. The van der Waals surface area contributed by atoms with Crippen molar-refractivity contribution in [1.29, 1.82) is 0 Å². The smallest absolute Gasteiger partial charge is 0.0104 e. The monoisotopic (exact) mass is 169 g/mol. The van der Waals surface area contributed by atoms with Crippen LogP contribution >= 0.6 is 0 Å². The van der Waals surface area contributed by atoms with E-state index >= 15 is 0 Å². The molecule has 0 bridgehead atoms. The van der Waals surface area contributed by atoms with E-state index < -0.39 is 0 Å². The third-order valence-electron chi connectivity index (χ3n) is 2.75. The summed E-state index contributed by atoms with van der Waals surface area (Å²) >= 11 is 0. The minimum absolute atomic E-state index is 0.289. The third kappa shape index (κ3) is 3.91. The normalized spacial score (nSPS) is 16.2. The van der Waals surface area contributed by atoms with E-state index in [9.17, 15) is 0 Å². The molecule has 2 N–H and O–H groups in total. The van der Waals surface area contributed by atoms with Gasteiger partial charge in [-0.25, -0.2) is 0 Å². The van der Waals surface area contributed by atoms with Gasteiger partial charge in [-0.3, -0.25) is 0 Å². The molecule has 0 aromatic rings. The lowest BCUT2D eigenvalue weighted by atomic mass is 9.87.